The summed E-state index contributed by atoms with van der Waals surface area (Å²) in [6.07, 6.45) is 1.72. The quantitative estimate of drug-likeness (QED) is 0.218. The van der Waals surface area contributed by atoms with Crippen molar-refractivity contribution in [2.75, 3.05) is 38.6 Å². The molecule has 12 nitrogen and oxygen atoms in total. The highest BCUT2D eigenvalue weighted by atomic mass is 32.1. The Morgan fingerprint density at radius 1 is 1.06 bits per heavy atom. The maximum absolute atomic E-state index is 13.9. The fourth-order valence-electron chi connectivity index (χ4n) is 5.72. The molecule has 252 valence electrons. The molecule has 2 aromatic carbocycles. The van der Waals surface area contributed by atoms with Crippen molar-refractivity contribution in [2.45, 2.75) is 66.0 Å². The molecule has 4 rings (SSSR count). The predicted octanol–water partition coefficient (Wildman–Crippen LogP) is 5.27. The fourth-order valence-corrected chi connectivity index (χ4v) is 6.58. The van der Waals surface area contributed by atoms with Crippen molar-refractivity contribution in [3.63, 3.8) is 0 Å². The summed E-state index contributed by atoms with van der Waals surface area (Å²) in [6.45, 7) is 8.91. The minimum Gasteiger partial charge on any atom is -0.493 e. The van der Waals surface area contributed by atoms with E-state index in [0.29, 0.717) is 58.2 Å². The number of nitrogens with zero attached hydrogens (tertiary/aromatic N) is 1. The molecule has 1 aliphatic carbocycles. The summed E-state index contributed by atoms with van der Waals surface area (Å²) in [4.78, 5) is 56.8. The number of aryl methyl sites for hydroxylation is 2. The minimum absolute atomic E-state index is 0.187. The molecule has 0 spiro atoms. The number of carbonyl (C=O) groups excluding carboxylic acids is 3. The van der Waals surface area contributed by atoms with E-state index < -0.39 is 24.0 Å². The number of benzene rings is 1. The van der Waals surface area contributed by atoms with Crippen molar-refractivity contribution in [2.24, 2.45) is 5.92 Å². The molecule has 1 aliphatic rings. The number of hydrogen-bond acceptors (Lipinski definition) is 11. The molecule has 1 aromatic heterocycles. The molecule has 0 fully saturated rings. The van der Waals surface area contributed by atoms with Gasteiger partial charge in [-0.1, -0.05) is 37.7 Å². The first-order valence-electron chi connectivity index (χ1n) is 15.5. The lowest BCUT2D eigenvalue weighted by atomic mass is 9.95. The first-order valence-corrected chi connectivity index (χ1v) is 16.3. The zero-order chi connectivity index (χ0) is 34.4. The molecule has 47 heavy (non-hydrogen) atoms. The van der Waals surface area contributed by atoms with Crippen LogP contribution in [0.25, 0.3) is 11.1 Å². The lowest BCUT2D eigenvalue weighted by molar-refractivity contribution is -0.120. The number of carbonyl (C=O) groups is 3. The van der Waals surface area contributed by atoms with Gasteiger partial charge in [0.25, 0.3) is 0 Å². The van der Waals surface area contributed by atoms with Gasteiger partial charge >= 0.3 is 5.97 Å². The van der Waals surface area contributed by atoms with Crippen LogP contribution in [0.2, 0.25) is 0 Å². The molecule has 3 aromatic rings. The van der Waals surface area contributed by atoms with Crippen molar-refractivity contribution in [1.82, 2.24) is 10.3 Å². The van der Waals surface area contributed by atoms with Crippen LogP contribution in [0.4, 0.5) is 10.8 Å². The van der Waals surface area contributed by atoms with E-state index in [2.05, 4.69) is 20.9 Å². The van der Waals surface area contributed by atoms with Gasteiger partial charge < -0.3 is 34.9 Å². The van der Waals surface area contributed by atoms with Gasteiger partial charge in [-0.15, -0.1) is 0 Å². The average Bonchev–Trinajstić information content (AvgIpc) is 3.25. The van der Waals surface area contributed by atoms with Gasteiger partial charge in [-0.2, -0.15) is 0 Å². The largest absolute Gasteiger partial charge is 0.493 e. The molecule has 0 saturated heterocycles. The SMILES string of the molecule is CCOC(=O)c1sc(NC(=O)[C@H](Nc2ccc3c(cc2=O)[C@@H](NC(C)=O)CCc2cc(OC)c(OC)c(OC)c2-3)[C@@H](C)CC)nc1C. The molecular weight excluding hydrogens is 624 g/mol. The molecule has 3 atom stereocenters. The van der Waals surface area contributed by atoms with Crippen LogP contribution in [0.1, 0.15) is 73.1 Å². The molecular formula is C34H42N4O8S. The number of amides is 2. The van der Waals surface area contributed by atoms with Crippen LogP contribution in [-0.4, -0.2) is 56.7 Å². The van der Waals surface area contributed by atoms with Crippen LogP contribution >= 0.6 is 11.3 Å². The first kappa shape index (κ1) is 35.2. The lowest BCUT2D eigenvalue weighted by Gasteiger charge is -2.23. The van der Waals surface area contributed by atoms with E-state index in [9.17, 15) is 19.2 Å². The summed E-state index contributed by atoms with van der Waals surface area (Å²) >= 11 is 1.03. The number of methoxy groups -OCH3 is 3. The number of fused-ring (bicyclic) bond motifs is 3. The summed E-state index contributed by atoms with van der Waals surface area (Å²) < 4.78 is 22.2. The third kappa shape index (κ3) is 7.51. The molecule has 1 heterocycles. The Labute approximate surface area is 278 Å². The van der Waals surface area contributed by atoms with Gasteiger partial charge in [0.2, 0.25) is 23.0 Å². The zero-order valence-corrected chi connectivity index (χ0v) is 28.8. The van der Waals surface area contributed by atoms with Gasteiger partial charge in [-0.25, -0.2) is 9.78 Å². The van der Waals surface area contributed by atoms with Crippen molar-refractivity contribution in [3.8, 4) is 28.4 Å². The van der Waals surface area contributed by atoms with Gasteiger partial charge in [-0.05, 0) is 67.5 Å². The maximum atomic E-state index is 13.9. The third-order valence-electron chi connectivity index (χ3n) is 8.21. The van der Waals surface area contributed by atoms with Gasteiger partial charge in [0, 0.05) is 12.5 Å². The van der Waals surface area contributed by atoms with Crippen LogP contribution in [-0.2, 0) is 20.7 Å². The third-order valence-corrected chi connectivity index (χ3v) is 9.26. The van der Waals surface area contributed by atoms with E-state index in [-0.39, 0.29) is 34.7 Å². The Kier molecular flexibility index (Phi) is 11.5. The van der Waals surface area contributed by atoms with Gasteiger partial charge in [0.15, 0.2) is 16.6 Å². The van der Waals surface area contributed by atoms with Gasteiger partial charge in [0.1, 0.15) is 10.9 Å². The zero-order valence-electron chi connectivity index (χ0n) is 28.0. The van der Waals surface area contributed by atoms with E-state index >= 15 is 0 Å². The summed E-state index contributed by atoms with van der Waals surface area (Å²) in [6, 6.07) is 5.55. The van der Waals surface area contributed by atoms with Crippen LogP contribution < -0.4 is 35.6 Å². The number of hydrogen-bond donors (Lipinski definition) is 3. The standard InChI is InChI=1S/C34H42N4O8S/c1-9-17(3)28(32(41)38-34-35-18(4)31(47-34)33(42)46-10-2)37-24-14-12-21-22(16-25(24)40)23(36-19(5)39)13-11-20-15-26(43-6)29(44-7)30(45-8)27(20)21/h12,14-17,23,28H,9-11,13H2,1-8H3,(H,36,39)(H,37,40)(H,35,38,41)/t17-,23-,28+/m0/s1. The number of anilines is 2. The molecule has 13 heteroatoms. The lowest BCUT2D eigenvalue weighted by Crippen LogP contribution is -2.40. The molecule has 3 N–H and O–H groups in total. The summed E-state index contributed by atoms with van der Waals surface area (Å²) in [5.41, 5.74) is 3.20. The Bertz CT molecular complexity index is 1720. The second-order valence-electron chi connectivity index (χ2n) is 11.2. The molecule has 0 aliphatic heterocycles. The Hall–Kier alpha value is -4.65. The van der Waals surface area contributed by atoms with Crippen molar-refractivity contribution in [1.29, 1.82) is 0 Å². The first-order chi connectivity index (χ1) is 22.5. The number of thiazole rings is 1. The number of esters is 1. The van der Waals surface area contributed by atoms with E-state index in [0.717, 1.165) is 22.5 Å². The van der Waals surface area contributed by atoms with Gasteiger partial charge in [-0.3, -0.25) is 14.4 Å². The van der Waals surface area contributed by atoms with E-state index in [1.165, 1.54) is 27.2 Å². The molecule has 0 radical (unpaired) electrons. The van der Waals surface area contributed by atoms with E-state index in [4.69, 9.17) is 18.9 Å². The summed E-state index contributed by atoms with van der Waals surface area (Å²) in [7, 11) is 4.62. The highest BCUT2D eigenvalue weighted by molar-refractivity contribution is 7.17. The second-order valence-corrected chi connectivity index (χ2v) is 12.2. The van der Waals surface area contributed by atoms with Crippen molar-refractivity contribution < 1.29 is 33.3 Å². The monoisotopic (exact) mass is 666 g/mol. The van der Waals surface area contributed by atoms with E-state index in [1.807, 2.05) is 19.9 Å². The number of rotatable bonds is 12. The van der Waals surface area contributed by atoms with Crippen molar-refractivity contribution in [3.05, 3.63) is 56.2 Å². The fraction of sp³-hybridized carbons (Fsp3) is 0.441. The number of ether oxygens (including phenoxy) is 4. The number of aromatic nitrogens is 1. The highest BCUT2D eigenvalue weighted by Gasteiger charge is 2.31. The van der Waals surface area contributed by atoms with Crippen LogP contribution in [0.5, 0.6) is 17.2 Å². The Morgan fingerprint density at radius 2 is 1.79 bits per heavy atom. The maximum Gasteiger partial charge on any atom is 0.350 e. The average molecular weight is 667 g/mol. The summed E-state index contributed by atoms with van der Waals surface area (Å²) in [5, 5.41) is 9.25. The predicted molar refractivity (Wildman–Crippen MR) is 181 cm³/mol. The second kappa shape index (κ2) is 15.3. The topological polar surface area (TPSA) is 154 Å². The summed E-state index contributed by atoms with van der Waals surface area (Å²) in [5.74, 6) is 0.0211. The normalized spacial score (nSPS) is 14.8. The van der Waals surface area contributed by atoms with E-state index in [1.54, 1.807) is 33.1 Å². The molecule has 2 amide bonds. The van der Waals surface area contributed by atoms with Crippen LogP contribution in [0.3, 0.4) is 0 Å². The van der Waals surface area contributed by atoms with Crippen LogP contribution in [0, 0.1) is 12.8 Å². The Balaban J connectivity index is 1.81. The van der Waals surface area contributed by atoms with Crippen LogP contribution in [0.15, 0.2) is 29.1 Å². The molecule has 0 bridgehead atoms. The van der Waals surface area contributed by atoms with Crippen molar-refractivity contribution >= 4 is 39.9 Å². The number of nitrogens with one attached hydrogen (secondary N) is 3. The smallest absolute Gasteiger partial charge is 0.350 e. The molecule has 0 saturated carbocycles. The van der Waals surface area contributed by atoms with Gasteiger partial charge in [0.05, 0.1) is 45.4 Å². The molecule has 0 unspecified atom stereocenters. The minimum atomic E-state index is -0.817. The highest BCUT2D eigenvalue weighted by Crippen LogP contribution is 2.50. The Morgan fingerprint density at radius 3 is 2.40 bits per heavy atom.